The zero-order valence-electron chi connectivity index (χ0n) is 9.27. The van der Waals surface area contributed by atoms with Crippen LogP contribution >= 0.6 is 0 Å². The zero-order chi connectivity index (χ0) is 11.6. The fraction of sp³-hybridized carbons (Fsp3) is 0.308. The summed E-state index contributed by atoms with van der Waals surface area (Å²) < 4.78 is 5.26. The smallest absolute Gasteiger partial charge is 0.179 e. The molecule has 0 aliphatic heterocycles. The maximum absolute atomic E-state index is 11.9. The third-order valence-electron chi connectivity index (χ3n) is 3.00. The monoisotopic (exact) mass is 217 g/mol. The first-order valence-corrected chi connectivity index (χ1v) is 5.32. The van der Waals surface area contributed by atoms with Gasteiger partial charge in [0, 0.05) is 5.56 Å². The second kappa shape index (κ2) is 4.10. The normalized spacial score (nSPS) is 24.5. The van der Waals surface area contributed by atoms with Crippen LogP contribution in [0.25, 0.3) is 0 Å². The van der Waals surface area contributed by atoms with Crippen LogP contribution < -0.4 is 10.5 Å². The fourth-order valence-corrected chi connectivity index (χ4v) is 2.05. The average Bonchev–Trinajstić information content (AvgIpc) is 2.33. The molecule has 0 bridgehead atoms. The number of carbonyl (C=O) groups excluding carboxylic acids is 1. The fourth-order valence-electron chi connectivity index (χ4n) is 2.05. The van der Waals surface area contributed by atoms with Gasteiger partial charge in [0.05, 0.1) is 7.11 Å². The highest BCUT2D eigenvalue weighted by molar-refractivity contribution is 5.99. The maximum Gasteiger partial charge on any atom is 0.179 e. The van der Waals surface area contributed by atoms with Crippen LogP contribution in [0.15, 0.2) is 36.4 Å². The predicted molar refractivity (Wildman–Crippen MR) is 62.2 cm³/mol. The van der Waals surface area contributed by atoms with Gasteiger partial charge in [-0.3, -0.25) is 4.79 Å². The minimum absolute atomic E-state index is 0.0525. The van der Waals surface area contributed by atoms with E-state index in [9.17, 15) is 4.79 Å². The third-order valence-corrected chi connectivity index (χ3v) is 3.00. The summed E-state index contributed by atoms with van der Waals surface area (Å²) >= 11 is 0. The number of carbonyl (C=O) groups is 1. The Labute approximate surface area is 94.9 Å². The highest BCUT2D eigenvalue weighted by Gasteiger charge is 2.37. The molecular weight excluding hydrogens is 202 g/mol. The highest BCUT2D eigenvalue weighted by atomic mass is 16.5. The van der Waals surface area contributed by atoms with Gasteiger partial charge < -0.3 is 10.5 Å². The summed E-state index contributed by atoms with van der Waals surface area (Å²) in [5.41, 5.74) is 6.06. The van der Waals surface area contributed by atoms with Crippen molar-refractivity contribution in [3.8, 4) is 5.75 Å². The number of hydrogen-bond acceptors (Lipinski definition) is 3. The van der Waals surface area contributed by atoms with E-state index in [4.69, 9.17) is 10.5 Å². The minimum Gasteiger partial charge on any atom is -0.496 e. The molecule has 1 aliphatic carbocycles. The molecule has 0 saturated carbocycles. The van der Waals surface area contributed by atoms with Crippen molar-refractivity contribution in [1.82, 2.24) is 0 Å². The van der Waals surface area contributed by atoms with Crippen LogP contribution in [0, 0.1) is 0 Å². The van der Waals surface area contributed by atoms with Crippen molar-refractivity contribution in [3.63, 3.8) is 0 Å². The molecule has 0 amide bonds. The van der Waals surface area contributed by atoms with Crippen LogP contribution in [-0.4, -0.2) is 12.9 Å². The number of ketones is 1. The predicted octanol–water partition coefficient (Wildman–Crippen LogP) is 1.77. The van der Waals surface area contributed by atoms with E-state index >= 15 is 0 Å². The van der Waals surface area contributed by atoms with E-state index < -0.39 is 5.54 Å². The number of allylic oxidation sites excluding steroid dienone is 1. The van der Waals surface area contributed by atoms with Gasteiger partial charge in [-0.2, -0.15) is 0 Å². The topological polar surface area (TPSA) is 52.3 Å². The Morgan fingerprint density at radius 1 is 1.38 bits per heavy atom. The van der Waals surface area contributed by atoms with E-state index in [2.05, 4.69) is 0 Å². The number of nitrogens with two attached hydrogens (primary N) is 1. The standard InChI is InChI=1S/C13H15NO2/c1-16-11-7-3-2-6-10(11)13(14)9-5-4-8-12(13)15/h2-4,6-8H,5,9,14H2,1H3/t13-/m1/s1. The summed E-state index contributed by atoms with van der Waals surface area (Å²) in [5.74, 6) is 0.622. The SMILES string of the molecule is COc1ccccc1[C@]1(N)CCC=CC1=O. The van der Waals surface area contributed by atoms with Crippen molar-refractivity contribution in [1.29, 1.82) is 0 Å². The number of ether oxygens (including phenoxy) is 1. The molecule has 0 saturated heterocycles. The van der Waals surface area contributed by atoms with Gasteiger partial charge >= 0.3 is 0 Å². The van der Waals surface area contributed by atoms with Crippen molar-refractivity contribution in [2.45, 2.75) is 18.4 Å². The van der Waals surface area contributed by atoms with Gasteiger partial charge in [0.15, 0.2) is 5.78 Å². The van der Waals surface area contributed by atoms with Gasteiger partial charge in [-0.05, 0) is 25.0 Å². The lowest BCUT2D eigenvalue weighted by atomic mass is 9.79. The van der Waals surface area contributed by atoms with E-state index in [1.165, 1.54) is 0 Å². The quantitative estimate of drug-likeness (QED) is 0.821. The Bertz CT molecular complexity index is 439. The van der Waals surface area contributed by atoms with Crippen LogP contribution in [0.3, 0.4) is 0 Å². The van der Waals surface area contributed by atoms with E-state index in [1.807, 2.05) is 30.3 Å². The van der Waals surface area contributed by atoms with E-state index in [0.29, 0.717) is 12.2 Å². The summed E-state index contributed by atoms with van der Waals surface area (Å²) in [4.78, 5) is 11.9. The molecule has 0 aromatic heterocycles. The second-order valence-corrected chi connectivity index (χ2v) is 3.98. The summed E-state index contributed by atoms with van der Waals surface area (Å²) in [5, 5.41) is 0. The van der Waals surface area contributed by atoms with E-state index in [-0.39, 0.29) is 5.78 Å². The Hall–Kier alpha value is -1.61. The molecule has 0 heterocycles. The summed E-state index contributed by atoms with van der Waals surface area (Å²) in [7, 11) is 1.59. The lowest BCUT2D eigenvalue weighted by Gasteiger charge is -2.30. The average molecular weight is 217 g/mol. The molecule has 84 valence electrons. The lowest BCUT2D eigenvalue weighted by Crippen LogP contribution is -2.45. The number of para-hydroxylation sites is 1. The molecule has 1 aliphatic rings. The van der Waals surface area contributed by atoms with Crippen molar-refractivity contribution < 1.29 is 9.53 Å². The largest absolute Gasteiger partial charge is 0.496 e. The van der Waals surface area contributed by atoms with Gasteiger partial charge in [-0.15, -0.1) is 0 Å². The molecule has 0 spiro atoms. The summed E-state index contributed by atoms with van der Waals surface area (Å²) in [6.45, 7) is 0. The van der Waals surface area contributed by atoms with Gasteiger partial charge in [0.25, 0.3) is 0 Å². The molecular formula is C13H15NO2. The molecule has 3 heteroatoms. The van der Waals surface area contributed by atoms with Crippen molar-refractivity contribution in [2.24, 2.45) is 5.73 Å². The van der Waals surface area contributed by atoms with Gasteiger partial charge in [-0.25, -0.2) is 0 Å². The van der Waals surface area contributed by atoms with Gasteiger partial charge in [0.1, 0.15) is 11.3 Å². The first kappa shape index (κ1) is 10.9. The molecule has 1 aromatic carbocycles. The van der Waals surface area contributed by atoms with Crippen molar-refractivity contribution >= 4 is 5.78 Å². The molecule has 0 fully saturated rings. The first-order chi connectivity index (χ1) is 7.68. The second-order valence-electron chi connectivity index (χ2n) is 3.98. The number of methoxy groups -OCH3 is 1. The molecule has 2 N–H and O–H groups in total. The van der Waals surface area contributed by atoms with E-state index in [0.717, 1.165) is 12.0 Å². The maximum atomic E-state index is 11.9. The van der Waals surface area contributed by atoms with Crippen LogP contribution in [0.2, 0.25) is 0 Å². The molecule has 3 nitrogen and oxygen atoms in total. The lowest BCUT2D eigenvalue weighted by molar-refractivity contribution is -0.120. The van der Waals surface area contributed by atoms with Crippen LogP contribution in [0.1, 0.15) is 18.4 Å². The molecule has 1 aromatic rings. The Morgan fingerprint density at radius 2 is 2.12 bits per heavy atom. The molecule has 0 radical (unpaired) electrons. The van der Waals surface area contributed by atoms with Crippen molar-refractivity contribution in [3.05, 3.63) is 42.0 Å². The summed E-state index contributed by atoms with van der Waals surface area (Å²) in [6.07, 6.45) is 4.88. The minimum atomic E-state index is -0.929. The number of hydrogen-bond donors (Lipinski definition) is 1. The molecule has 1 atom stereocenters. The number of benzene rings is 1. The molecule has 0 unspecified atom stereocenters. The molecule has 2 rings (SSSR count). The Kier molecular flexibility index (Phi) is 2.79. The third kappa shape index (κ3) is 1.63. The Morgan fingerprint density at radius 3 is 2.81 bits per heavy atom. The van der Waals surface area contributed by atoms with Crippen LogP contribution in [0.5, 0.6) is 5.75 Å². The van der Waals surface area contributed by atoms with E-state index in [1.54, 1.807) is 13.2 Å². The van der Waals surface area contributed by atoms with Gasteiger partial charge in [0.2, 0.25) is 0 Å². The van der Waals surface area contributed by atoms with Crippen molar-refractivity contribution in [2.75, 3.05) is 7.11 Å². The number of rotatable bonds is 2. The zero-order valence-corrected chi connectivity index (χ0v) is 9.27. The first-order valence-electron chi connectivity index (χ1n) is 5.32. The Balaban J connectivity index is 2.50. The summed E-state index contributed by atoms with van der Waals surface area (Å²) in [6, 6.07) is 7.43. The van der Waals surface area contributed by atoms with Crippen LogP contribution in [-0.2, 0) is 10.3 Å². The van der Waals surface area contributed by atoms with Gasteiger partial charge in [-0.1, -0.05) is 24.3 Å². The molecule has 16 heavy (non-hydrogen) atoms. The van der Waals surface area contributed by atoms with Crippen LogP contribution in [0.4, 0.5) is 0 Å². The highest BCUT2D eigenvalue weighted by Crippen LogP contribution is 2.34.